The highest BCUT2D eigenvalue weighted by molar-refractivity contribution is 5.68. The first-order valence-corrected chi connectivity index (χ1v) is 5.51. The molecule has 2 heterocycles. The molecular formula is C13H11N5. The Bertz CT molecular complexity index is 660. The number of hydrogen-bond acceptors (Lipinski definition) is 4. The van der Waals surface area contributed by atoms with Crippen molar-refractivity contribution in [2.75, 3.05) is 5.73 Å². The molecule has 0 spiro atoms. The average Bonchev–Trinajstić information content (AvgIpc) is 2.90. The first kappa shape index (κ1) is 10.5. The molecule has 0 saturated heterocycles. The topological polar surface area (TPSA) is 69.6 Å². The molecule has 0 aliphatic carbocycles. The molecule has 0 unspecified atom stereocenters. The Balaban J connectivity index is 2.03. The van der Waals surface area contributed by atoms with E-state index < -0.39 is 0 Å². The summed E-state index contributed by atoms with van der Waals surface area (Å²) in [5, 5.41) is 4.30. The number of para-hydroxylation sites is 1. The highest BCUT2D eigenvalue weighted by atomic mass is 15.3. The fourth-order valence-corrected chi connectivity index (χ4v) is 1.74. The van der Waals surface area contributed by atoms with Gasteiger partial charge >= 0.3 is 0 Å². The maximum atomic E-state index is 5.79. The largest absolute Gasteiger partial charge is 0.382 e. The number of aromatic nitrogens is 4. The van der Waals surface area contributed by atoms with Gasteiger partial charge in [0.05, 0.1) is 11.9 Å². The highest BCUT2D eigenvalue weighted by Gasteiger charge is 2.07. The van der Waals surface area contributed by atoms with E-state index in [2.05, 4.69) is 15.1 Å². The standard InChI is InChI=1S/C13H11N5/c14-13-12(15-6-7-16-13)10-8-17-18(9-10)11-4-2-1-3-5-11/h1-9H,(H2,14,16). The molecular weight excluding hydrogens is 226 g/mol. The lowest BCUT2D eigenvalue weighted by molar-refractivity contribution is 0.880. The summed E-state index contributed by atoms with van der Waals surface area (Å²) < 4.78 is 1.78. The predicted octanol–water partition coefficient (Wildman–Crippen LogP) is 1.91. The van der Waals surface area contributed by atoms with E-state index in [9.17, 15) is 0 Å². The molecule has 3 aromatic rings. The number of nitrogen functional groups attached to an aromatic ring is 1. The summed E-state index contributed by atoms with van der Waals surface area (Å²) >= 11 is 0. The Labute approximate surface area is 104 Å². The summed E-state index contributed by atoms with van der Waals surface area (Å²) in [7, 11) is 0. The van der Waals surface area contributed by atoms with Crippen molar-refractivity contribution in [1.29, 1.82) is 0 Å². The Kier molecular flexibility index (Phi) is 2.49. The lowest BCUT2D eigenvalue weighted by Gasteiger charge is -2.00. The number of nitrogens with zero attached hydrogens (tertiary/aromatic N) is 4. The van der Waals surface area contributed by atoms with Gasteiger partial charge in [0, 0.05) is 24.2 Å². The zero-order valence-corrected chi connectivity index (χ0v) is 9.56. The van der Waals surface area contributed by atoms with Crippen LogP contribution in [0.5, 0.6) is 0 Å². The number of rotatable bonds is 2. The smallest absolute Gasteiger partial charge is 0.150 e. The van der Waals surface area contributed by atoms with E-state index in [1.165, 1.54) is 0 Å². The zero-order valence-electron chi connectivity index (χ0n) is 9.56. The van der Waals surface area contributed by atoms with E-state index in [4.69, 9.17) is 5.73 Å². The molecule has 0 aliphatic heterocycles. The van der Waals surface area contributed by atoms with Gasteiger partial charge in [-0.3, -0.25) is 4.98 Å². The van der Waals surface area contributed by atoms with Crippen LogP contribution < -0.4 is 5.73 Å². The van der Waals surface area contributed by atoms with Crippen LogP contribution in [-0.2, 0) is 0 Å². The van der Waals surface area contributed by atoms with Crippen molar-refractivity contribution < 1.29 is 0 Å². The fraction of sp³-hybridized carbons (Fsp3) is 0. The van der Waals surface area contributed by atoms with E-state index >= 15 is 0 Å². The minimum Gasteiger partial charge on any atom is -0.382 e. The molecule has 88 valence electrons. The first-order valence-electron chi connectivity index (χ1n) is 5.51. The molecule has 1 aromatic carbocycles. The molecule has 0 aliphatic rings. The predicted molar refractivity (Wildman–Crippen MR) is 69.0 cm³/mol. The summed E-state index contributed by atoms with van der Waals surface area (Å²) in [4.78, 5) is 8.23. The highest BCUT2D eigenvalue weighted by Crippen LogP contribution is 2.21. The lowest BCUT2D eigenvalue weighted by Crippen LogP contribution is -1.95. The van der Waals surface area contributed by atoms with Gasteiger partial charge in [-0.15, -0.1) is 0 Å². The van der Waals surface area contributed by atoms with Gasteiger partial charge in [0.25, 0.3) is 0 Å². The third-order valence-corrected chi connectivity index (χ3v) is 2.60. The second-order valence-corrected chi connectivity index (χ2v) is 3.80. The molecule has 3 rings (SSSR count). The van der Waals surface area contributed by atoms with Gasteiger partial charge in [-0.05, 0) is 12.1 Å². The van der Waals surface area contributed by atoms with Crippen LogP contribution >= 0.6 is 0 Å². The molecule has 0 fully saturated rings. The van der Waals surface area contributed by atoms with E-state index in [1.807, 2.05) is 36.5 Å². The zero-order chi connectivity index (χ0) is 12.4. The van der Waals surface area contributed by atoms with Crippen molar-refractivity contribution in [2.45, 2.75) is 0 Å². The van der Waals surface area contributed by atoms with Crippen LogP contribution in [0.1, 0.15) is 0 Å². The van der Waals surface area contributed by atoms with Crippen LogP contribution in [0.4, 0.5) is 5.82 Å². The third-order valence-electron chi connectivity index (χ3n) is 2.60. The molecule has 18 heavy (non-hydrogen) atoms. The third kappa shape index (κ3) is 1.82. The molecule has 0 amide bonds. The summed E-state index contributed by atoms with van der Waals surface area (Å²) in [6, 6.07) is 9.86. The second kappa shape index (κ2) is 4.29. The molecule has 2 aromatic heterocycles. The summed E-state index contributed by atoms with van der Waals surface area (Å²) in [5.74, 6) is 0.408. The lowest BCUT2D eigenvalue weighted by atomic mass is 10.2. The average molecular weight is 237 g/mol. The second-order valence-electron chi connectivity index (χ2n) is 3.80. The van der Waals surface area contributed by atoms with Gasteiger partial charge in [0.2, 0.25) is 0 Å². The Morgan fingerprint density at radius 1 is 1.00 bits per heavy atom. The van der Waals surface area contributed by atoms with Crippen molar-refractivity contribution in [3.63, 3.8) is 0 Å². The summed E-state index contributed by atoms with van der Waals surface area (Å²) in [6.07, 6.45) is 6.80. The molecule has 0 atom stereocenters. The van der Waals surface area contributed by atoms with Crippen LogP contribution in [-0.4, -0.2) is 19.7 Å². The van der Waals surface area contributed by atoms with Gasteiger partial charge in [0.15, 0.2) is 0 Å². The van der Waals surface area contributed by atoms with Gasteiger partial charge in [-0.25, -0.2) is 9.67 Å². The van der Waals surface area contributed by atoms with Crippen LogP contribution in [0.25, 0.3) is 16.9 Å². The molecule has 0 saturated carbocycles. The maximum absolute atomic E-state index is 5.79. The maximum Gasteiger partial charge on any atom is 0.150 e. The van der Waals surface area contributed by atoms with E-state index in [0.717, 1.165) is 11.3 Å². The monoisotopic (exact) mass is 237 g/mol. The van der Waals surface area contributed by atoms with Crippen LogP contribution in [0.3, 0.4) is 0 Å². The van der Waals surface area contributed by atoms with Gasteiger partial charge in [0.1, 0.15) is 11.5 Å². The van der Waals surface area contributed by atoms with Crippen LogP contribution in [0.15, 0.2) is 55.1 Å². The molecule has 2 N–H and O–H groups in total. The number of nitrogens with two attached hydrogens (primary N) is 1. The van der Waals surface area contributed by atoms with Crippen molar-refractivity contribution in [3.8, 4) is 16.9 Å². The van der Waals surface area contributed by atoms with E-state index in [1.54, 1.807) is 23.3 Å². The number of anilines is 1. The molecule has 5 nitrogen and oxygen atoms in total. The van der Waals surface area contributed by atoms with Crippen molar-refractivity contribution in [2.24, 2.45) is 0 Å². The van der Waals surface area contributed by atoms with Crippen LogP contribution in [0.2, 0.25) is 0 Å². The van der Waals surface area contributed by atoms with Gasteiger partial charge in [-0.1, -0.05) is 18.2 Å². The summed E-state index contributed by atoms with van der Waals surface area (Å²) in [6.45, 7) is 0. The van der Waals surface area contributed by atoms with Crippen molar-refractivity contribution in [3.05, 3.63) is 55.1 Å². The Morgan fingerprint density at radius 2 is 1.78 bits per heavy atom. The minimum atomic E-state index is 0.408. The van der Waals surface area contributed by atoms with Crippen molar-refractivity contribution >= 4 is 5.82 Å². The Morgan fingerprint density at radius 3 is 2.56 bits per heavy atom. The number of hydrogen-bond donors (Lipinski definition) is 1. The minimum absolute atomic E-state index is 0.408. The number of benzene rings is 1. The molecule has 0 bridgehead atoms. The molecule has 5 heteroatoms. The molecule has 0 radical (unpaired) electrons. The van der Waals surface area contributed by atoms with E-state index in [-0.39, 0.29) is 0 Å². The van der Waals surface area contributed by atoms with E-state index in [0.29, 0.717) is 11.5 Å². The van der Waals surface area contributed by atoms with Gasteiger partial charge in [-0.2, -0.15) is 5.10 Å². The Hall–Kier alpha value is -2.69. The first-order chi connectivity index (χ1) is 8.84. The van der Waals surface area contributed by atoms with Crippen LogP contribution in [0, 0.1) is 0 Å². The SMILES string of the molecule is Nc1nccnc1-c1cnn(-c2ccccc2)c1. The quantitative estimate of drug-likeness (QED) is 0.739. The van der Waals surface area contributed by atoms with Gasteiger partial charge < -0.3 is 5.73 Å². The van der Waals surface area contributed by atoms with Crippen molar-refractivity contribution in [1.82, 2.24) is 19.7 Å². The normalized spacial score (nSPS) is 10.4. The fourth-order valence-electron chi connectivity index (χ4n) is 1.74. The summed E-state index contributed by atoms with van der Waals surface area (Å²) in [5.41, 5.74) is 8.29.